The summed E-state index contributed by atoms with van der Waals surface area (Å²) in [6.07, 6.45) is -0.337. The van der Waals surface area contributed by atoms with Crippen LogP contribution in [0.3, 0.4) is 0 Å². The summed E-state index contributed by atoms with van der Waals surface area (Å²) in [6.45, 7) is -2.31. The van der Waals surface area contributed by atoms with Crippen molar-refractivity contribution in [2.75, 3.05) is 57.4 Å². The van der Waals surface area contributed by atoms with Crippen LogP contribution in [-0.4, -0.2) is 215 Å². The van der Waals surface area contributed by atoms with Gasteiger partial charge in [-0.25, -0.2) is 0 Å². The number of amides is 11. The molecule has 1 saturated heterocycles. The van der Waals surface area contributed by atoms with Gasteiger partial charge in [-0.3, -0.25) is 67.5 Å². The van der Waals surface area contributed by atoms with Gasteiger partial charge in [0.1, 0.15) is 48.3 Å². The fourth-order valence-corrected chi connectivity index (χ4v) is 7.04. The van der Waals surface area contributed by atoms with Crippen molar-refractivity contribution in [2.24, 2.45) is 44.4 Å². The predicted molar refractivity (Wildman–Crippen MR) is 271 cm³/mol. The van der Waals surface area contributed by atoms with Gasteiger partial charge in [-0.1, -0.05) is 0 Å². The number of nitrogens with two attached hydrogens (primary N) is 6. The Balaban J connectivity index is 3.16. The molecule has 75 heavy (non-hydrogen) atoms. The van der Waals surface area contributed by atoms with Gasteiger partial charge in [-0.05, 0) is 45.4 Å². The van der Waals surface area contributed by atoms with E-state index in [2.05, 4.69) is 83.1 Å². The van der Waals surface area contributed by atoms with E-state index in [-0.39, 0.29) is 69.4 Å². The number of nitrogens with zero attached hydrogens (tertiary/aromatic N) is 3. The quantitative estimate of drug-likeness (QED) is 0.0123. The first-order chi connectivity index (χ1) is 35.3. The molecule has 11 amide bonds. The summed E-state index contributed by atoms with van der Waals surface area (Å²) in [4.78, 5) is 163. The predicted octanol–water partition coefficient (Wildman–Crippen LogP) is -11.1. The van der Waals surface area contributed by atoms with E-state index in [4.69, 9.17) is 39.5 Å². The molecule has 35 heteroatoms. The SMILES string of the molecule is C[C@H](NC(=O)[C@@H]1CCCN1C(=O)CNC(=O)[C@H](CO)NC(=O)[C@H](CCCN=C(N)N)NC(=O)[C@H](CO)NC(=O)[C@H](CS)NC(=O)[C@H](CCCN=C(N)N)NC(=O)CNC(=O)[C@H](CC(N)=O)NC(=O)[C@@H](N)CS)C(=O)O. The Labute approximate surface area is 440 Å². The molecule has 0 radical (unpaired) electrons. The summed E-state index contributed by atoms with van der Waals surface area (Å²) >= 11 is 8.02. The molecule has 1 aliphatic rings. The van der Waals surface area contributed by atoms with Crippen molar-refractivity contribution in [3.63, 3.8) is 0 Å². The van der Waals surface area contributed by atoms with E-state index in [1.54, 1.807) is 0 Å². The molecule has 33 nitrogen and oxygen atoms in total. The Kier molecular flexibility index (Phi) is 30.1. The van der Waals surface area contributed by atoms with E-state index in [1.807, 2.05) is 0 Å². The standard InChI is InChI=1S/C40H70N18O15S2/c1-18(38(72)73)51-37(71)26-7-4-10-58(26)29(63)13-50-32(66)23(14-59)55-34(68)21(6-3-9-48-40(45)46)53-35(69)24(15-60)56-36(70)25(17-75)57-33(67)20(5-2-8-47-39(43)44)52-28(62)12-49-31(65)22(11-27(42)61)54-30(64)19(41)16-74/h18-26,59-60,74-75H,2-17,41H2,1H3,(H2,42,61)(H,49,65)(H,50,66)(H,51,71)(H,52,62)(H,53,69)(H,54,64)(H,55,68)(H,56,70)(H,57,67)(H,72,73)(H4,43,44,47)(H4,45,46,48)/t18-,19-,20-,21-,22-,23-,24-,25-,26-/m0/s1. The Hall–Kier alpha value is -7.24. The first-order valence-electron chi connectivity index (χ1n) is 23.1. The van der Waals surface area contributed by atoms with Crippen LogP contribution < -0.4 is 82.3 Å². The zero-order valence-corrected chi connectivity index (χ0v) is 42.7. The smallest absolute Gasteiger partial charge is 0.325 e. The number of aliphatic hydroxyl groups excluding tert-OH is 2. The van der Waals surface area contributed by atoms with Gasteiger partial charge >= 0.3 is 5.97 Å². The van der Waals surface area contributed by atoms with E-state index in [0.717, 1.165) is 4.90 Å². The van der Waals surface area contributed by atoms with Gasteiger partial charge in [-0.15, -0.1) is 0 Å². The number of carboxylic acids is 1. The molecular formula is C40H70N18O15S2. The third-order valence-corrected chi connectivity index (χ3v) is 11.4. The van der Waals surface area contributed by atoms with Crippen molar-refractivity contribution in [2.45, 2.75) is 106 Å². The fourth-order valence-electron chi connectivity index (χ4n) is 6.62. The molecular weight excluding hydrogens is 1040 g/mol. The van der Waals surface area contributed by atoms with Crippen molar-refractivity contribution < 1.29 is 72.9 Å². The zero-order valence-electron chi connectivity index (χ0n) is 41.0. The molecule has 1 heterocycles. The van der Waals surface area contributed by atoms with Crippen LogP contribution >= 0.6 is 25.3 Å². The number of likely N-dealkylation sites (tertiary alicyclic amines) is 1. The monoisotopic (exact) mass is 1110 g/mol. The summed E-state index contributed by atoms with van der Waals surface area (Å²) in [6, 6.07) is -13.0. The first-order valence-corrected chi connectivity index (χ1v) is 24.3. The molecule has 422 valence electrons. The number of hydrogen-bond donors (Lipinski definition) is 20. The summed E-state index contributed by atoms with van der Waals surface area (Å²) in [5.41, 5.74) is 32.3. The second-order valence-electron chi connectivity index (χ2n) is 16.6. The Morgan fingerprint density at radius 2 is 1.05 bits per heavy atom. The van der Waals surface area contributed by atoms with Gasteiger partial charge in [0, 0.05) is 31.1 Å². The number of guanidine groups is 2. The molecule has 0 spiro atoms. The number of primary amides is 1. The van der Waals surface area contributed by atoms with Crippen LogP contribution in [0.1, 0.15) is 51.9 Å². The highest BCUT2D eigenvalue weighted by Crippen LogP contribution is 2.18. The maximum Gasteiger partial charge on any atom is 0.325 e. The minimum atomic E-state index is -1.81. The van der Waals surface area contributed by atoms with Crippen LogP contribution in [0, 0.1) is 0 Å². The third kappa shape index (κ3) is 24.6. The average molecular weight is 1110 g/mol. The number of aliphatic hydroxyl groups is 2. The van der Waals surface area contributed by atoms with Crippen LogP contribution in [0.25, 0.3) is 0 Å². The lowest BCUT2D eigenvalue weighted by atomic mass is 10.1. The maximum absolute atomic E-state index is 13.6. The average Bonchev–Trinajstić information content (AvgIpc) is 3.86. The molecule has 24 N–H and O–H groups in total. The highest BCUT2D eigenvalue weighted by atomic mass is 32.1. The van der Waals surface area contributed by atoms with Gasteiger partial charge in [0.25, 0.3) is 0 Å². The van der Waals surface area contributed by atoms with Crippen LogP contribution in [-0.2, 0) is 57.5 Å². The largest absolute Gasteiger partial charge is 0.480 e. The lowest BCUT2D eigenvalue weighted by Crippen LogP contribution is -2.60. The van der Waals surface area contributed by atoms with Crippen LogP contribution in [0.15, 0.2) is 9.98 Å². The number of hydrogen-bond acceptors (Lipinski definition) is 19. The summed E-state index contributed by atoms with van der Waals surface area (Å²) in [5, 5.41) is 49.9. The number of carbonyl (C=O) groups excluding carboxylic acids is 11. The van der Waals surface area contributed by atoms with Crippen molar-refractivity contribution in [1.29, 1.82) is 0 Å². The molecule has 1 rings (SSSR count). The number of thiol groups is 2. The lowest BCUT2D eigenvalue weighted by Gasteiger charge is -2.26. The molecule has 9 atom stereocenters. The third-order valence-electron chi connectivity index (χ3n) is 10.6. The number of carbonyl (C=O) groups is 12. The highest BCUT2D eigenvalue weighted by molar-refractivity contribution is 7.80. The minimum Gasteiger partial charge on any atom is -0.480 e. The van der Waals surface area contributed by atoms with Crippen molar-refractivity contribution in [1.82, 2.24) is 52.8 Å². The molecule has 0 aromatic rings. The Morgan fingerprint density at radius 1 is 0.600 bits per heavy atom. The zero-order chi connectivity index (χ0) is 56.9. The van der Waals surface area contributed by atoms with Gasteiger partial charge < -0.3 is 102 Å². The van der Waals surface area contributed by atoms with Gasteiger partial charge in [0.15, 0.2) is 11.9 Å². The van der Waals surface area contributed by atoms with Crippen molar-refractivity contribution in [3.05, 3.63) is 0 Å². The van der Waals surface area contributed by atoms with E-state index < -0.39 is 164 Å². The number of nitrogens with one attached hydrogen (secondary N) is 9. The van der Waals surface area contributed by atoms with Crippen molar-refractivity contribution in [3.8, 4) is 0 Å². The lowest BCUT2D eigenvalue weighted by molar-refractivity contribution is -0.143. The first kappa shape index (κ1) is 65.8. The maximum atomic E-state index is 13.6. The topological polar surface area (TPSA) is 558 Å². The van der Waals surface area contributed by atoms with Gasteiger partial charge in [0.2, 0.25) is 65.0 Å². The number of carboxylic acid groups (broad SMARTS) is 1. The minimum absolute atomic E-state index is 0.0193. The molecule has 1 aliphatic heterocycles. The van der Waals surface area contributed by atoms with Crippen LogP contribution in [0.2, 0.25) is 0 Å². The molecule has 0 bridgehead atoms. The molecule has 0 saturated carbocycles. The molecule has 0 aliphatic carbocycles. The van der Waals surface area contributed by atoms with E-state index in [9.17, 15) is 67.7 Å². The second-order valence-corrected chi connectivity index (χ2v) is 17.3. The summed E-state index contributed by atoms with van der Waals surface area (Å²) in [5.74, 6) is -13.0. The molecule has 0 aromatic carbocycles. The van der Waals surface area contributed by atoms with E-state index in [0.29, 0.717) is 6.42 Å². The summed E-state index contributed by atoms with van der Waals surface area (Å²) in [7, 11) is 0. The van der Waals surface area contributed by atoms with Gasteiger partial charge in [0.05, 0.1) is 38.8 Å². The van der Waals surface area contributed by atoms with Crippen molar-refractivity contribution >= 4 is 108 Å². The van der Waals surface area contributed by atoms with E-state index >= 15 is 0 Å². The van der Waals surface area contributed by atoms with Crippen LogP contribution in [0.4, 0.5) is 0 Å². The molecule has 0 unspecified atom stereocenters. The highest BCUT2D eigenvalue weighted by Gasteiger charge is 2.37. The van der Waals surface area contributed by atoms with Crippen LogP contribution in [0.5, 0.6) is 0 Å². The Bertz CT molecular complexity index is 2100. The number of aliphatic carboxylic acids is 1. The summed E-state index contributed by atoms with van der Waals surface area (Å²) < 4.78 is 0. The molecule has 1 fully saturated rings. The Morgan fingerprint density at radius 3 is 1.55 bits per heavy atom. The number of rotatable bonds is 34. The van der Waals surface area contributed by atoms with E-state index in [1.165, 1.54) is 6.92 Å². The normalized spacial score (nSPS) is 16.0. The molecule has 0 aromatic heterocycles. The number of aliphatic imine (C=N–C) groups is 2. The van der Waals surface area contributed by atoms with Gasteiger partial charge in [-0.2, -0.15) is 25.3 Å². The second kappa shape index (κ2) is 34.3. The fraction of sp³-hybridized carbons (Fsp3) is 0.650.